The molecule has 3 nitrogen and oxygen atoms in total. The molecule has 1 aromatic carbocycles. The molecule has 0 bridgehead atoms. The number of rotatable bonds is 4. The van der Waals surface area contributed by atoms with Gasteiger partial charge in [0, 0.05) is 5.92 Å². The van der Waals surface area contributed by atoms with Crippen LogP contribution in [0.5, 0.6) is 0 Å². The maximum Gasteiger partial charge on any atom is 0.277 e. The summed E-state index contributed by atoms with van der Waals surface area (Å²) >= 11 is 0. The van der Waals surface area contributed by atoms with Crippen molar-refractivity contribution in [1.29, 1.82) is 0 Å². The highest BCUT2D eigenvalue weighted by Gasteiger charge is 2.57. The van der Waals surface area contributed by atoms with Crippen LogP contribution in [0, 0.1) is 11.8 Å². The minimum atomic E-state index is -3.02. The number of nitrogens with two attached hydrogens (primary N) is 1. The Kier molecular flexibility index (Phi) is 3.24. The second kappa shape index (κ2) is 4.81. The van der Waals surface area contributed by atoms with E-state index in [1.54, 1.807) is 0 Å². The van der Waals surface area contributed by atoms with Crippen molar-refractivity contribution in [1.82, 2.24) is 5.32 Å². The molecule has 20 heavy (non-hydrogen) atoms. The summed E-state index contributed by atoms with van der Waals surface area (Å²) < 4.78 is 26.1. The predicted molar refractivity (Wildman–Crippen MR) is 71.5 cm³/mol. The van der Waals surface area contributed by atoms with Crippen LogP contribution >= 0.6 is 0 Å². The van der Waals surface area contributed by atoms with Crippen LogP contribution in [-0.2, 0) is 11.2 Å². The molecular formula is C15H18F2N2O. The monoisotopic (exact) mass is 280 g/mol. The van der Waals surface area contributed by atoms with Gasteiger partial charge in [0.25, 0.3) is 5.92 Å². The highest BCUT2D eigenvalue weighted by Crippen LogP contribution is 2.59. The highest BCUT2D eigenvalue weighted by molar-refractivity contribution is 5.84. The lowest BCUT2D eigenvalue weighted by molar-refractivity contribution is -0.124. The van der Waals surface area contributed by atoms with E-state index in [2.05, 4.69) is 11.4 Å². The normalized spacial score (nSPS) is 27.4. The summed E-state index contributed by atoms with van der Waals surface area (Å²) in [6.07, 6.45) is 1.94. The van der Waals surface area contributed by atoms with E-state index in [0.29, 0.717) is 5.92 Å². The highest BCUT2D eigenvalue weighted by atomic mass is 19.3. The van der Waals surface area contributed by atoms with Crippen LogP contribution in [0.15, 0.2) is 24.3 Å². The lowest BCUT2D eigenvalue weighted by atomic mass is 9.92. The Morgan fingerprint density at radius 3 is 2.90 bits per heavy atom. The van der Waals surface area contributed by atoms with Gasteiger partial charge in [0.05, 0.1) is 13.1 Å². The summed E-state index contributed by atoms with van der Waals surface area (Å²) in [4.78, 5) is 12.1. The quantitative estimate of drug-likeness (QED) is 0.881. The van der Waals surface area contributed by atoms with Crippen LogP contribution < -0.4 is 11.1 Å². The average molecular weight is 280 g/mol. The van der Waals surface area contributed by atoms with Gasteiger partial charge in [-0.25, -0.2) is 8.78 Å². The van der Waals surface area contributed by atoms with Gasteiger partial charge in [0.15, 0.2) is 0 Å². The summed E-state index contributed by atoms with van der Waals surface area (Å²) in [7, 11) is 0. The van der Waals surface area contributed by atoms with E-state index in [9.17, 15) is 13.6 Å². The number of hydrogen-bond acceptors (Lipinski definition) is 2. The first-order valence-electron chi connectivity index (χ1n) is 6.97. The lowest BCUT2D eigenvalue weighted by Gasteiger charge is -2.14. The van der Waals surface area contributed by atoms with Crippen LogP contribution in [0.3, 0.4) is 0 Å². The molecule has 3 unspecified atom stereocenters. The number of alkyl halides is 2. The van der Waals surface area contributed by atoms with Crippen molar-refractivity contribution in [3.05, 3.63) is 35.4 Å². The van der Waals surface area contributed by atoms with Crippen molar-refractivity contribution >= 4 is 5.91 Å². The van der Waals surface area contributed by atoms with Gasteiger partial charge in [-0.15, -0.1) is 0 Å². The summed E-state index contributed by atoms with van der Waals surface area (Å²) in [5.74, 6) is -2.90. The van der Waals surface area contributed by atoms with Gasteiger partial charge in [0.2, 0.25) is 5.91 Å². The number of fused-ring (bicyclic) bond motifs is 3. The number of carbonyl (C=O) groups excluding carboxylic acids is 1. The fourth-order valence-corrected chi connectivity index (χ4v) is 3.33. The maximum absolute atomic E-state index is 13.1. The van der Waals surface area contributed by atoms with Crippen molar-refractivity contribution in [2.45, 2.75) is 24.7 Å². The van der Waals surface area contributed by atoms with Crippen molar-refractivity contribution < 1.29 is 13.6 Å². The zero-order valence-corrected chi connectivity index (χ0v) is 11.1. The Labute approximate surface area is 116 Å². The predicted octanol–water partition coefficient (Wildman–Crippen LogP) is 1.67. The SMILES string of the molecule is NCC(F)(F)CNC(=O)C1C2CCc3ccccc3C21. The molecule has 0 aliphatic heterocycles. The van der Waals surface area contributed by atoms with E-state index >= 15 is 0 Å². The van der Waals surface area contributed by atoms with Crippen LogP contribution in [0.4, 0.5) is 8.78 Å². The number of hydrogen-bond donors (Lipinski definition) is 2. The van der Waals surface area contributed by atoms with E-state index in [-0.39, 0.29) is 17.7 Å². The number of carbonyl (C=O) groups is 1. The lowest BCUT2D eigenvalue weighted by Crippen LogP contribution is -2.42. The molecule has 3 atom stereocenters. The Hall–Kier alpha value is -1.49. The molecule has 1 fully saturated rings. The molecule has 2 aliphatic rings. The van der Waals surface area contributed by atoms with E-state index in [1.807, 2.05) is 18.2 Å². The molecule has 3 N–H and O–H groups in total. The fourth-order valence-electron chi connectivity index (χ4n) is 3.33. The third-order valence-corrected chi connectivity index (χ3v) is 4.45. The van der Waals surface area contributed by atoms with Crippen LogP contribution in [0.1, 0.15) is 23.5 Å². The van der Waals surface area contributed by atoms with Crippen LogP contribution in [0.2, 0.25) is 0 Å². The molecule has 1 amide bonds. The molecule has 108 valence electrons. The van der Waals surface area contributed by atoms with Gasteiger partial charge in [-0.1, -0.05) is 24.3 Å². The van der Waals surface area contributed by atoms with E-state index in [4.69, 9.17) is 5.73 Å². The van der Waals surface area contributed by atoms with E-state index < -0.39 is 19.0 Å². The number of halogens is 2. The van der Waals surface area contributed by atoms with Gasteiger partial charge in [-0.05, 0) is 35.8 Å². The first kappa shape index (κ1) is 13.5. The molecule has 5 heteroatoms. The van der Waals surface area contributed by atoms with Crippen molar-refractivity contribution in [3.63, 3.8) is 0 Å². The van der Waals surface area contributed by atoms with Gasteiger partial charge >= 0.3 is 0 Å². The Morgan fingerprint density at radius 1 is 1.40 bits per heavy atom. The zero-order valence-electron chi connectivity index (χ0n) is 11.1. The maximum atomic E-state index is 13.1. The molecule has 1 aromatic rings. The number of amides is 1. The fraction of sp³-hybridized carbons (Fsp3) is 0.533. The molecular weight excluding hydrogens is 262 g/mol. The number of aryl methyl sites for hydroxylation is 1. The van der Waals surface area contributed by atoms with Gasteiger partial charge in [-0.2, -0.15) is 0 Å². The Morgan fingerprint density at radius 2 is 2.15 bits per heavy atom. The second-order valence-electron chi connectivity index (χ2n) is 5.73. The third kappa shape index (κ3) is 2.30. The molecule has 0 radical (unpaired) electrons. The number of benzene rings is 1. The molecule has 0 heterocycles. The smallest absolute Gasteiger partial charge is 0.277 e. The minimum absolute atomic E-state index is 0.146. The molecule has 0 saturated heterocycles. The molecule has 0 spiro atoms. The van der Waals surface area contributed by atoms with Crippen molar-refractivity contribution in [2.24, 2.45) is 17.6 Å². The molecule has 1 saturated carbocycles. The van der Waals surface area contributed by atoms with Crippen molar-refractivity contribution in [2.75, 3.05) is 13.1 Å². The summed E-state index contributed by atoms with van der Waals surface area (Å²) in [6, 6.07) is 8.10. The van der Waals surface area contributed by atoms with Gasteiger partial charge < -0.3 is 11.1 Å². The number of nitrogens with one attached hydrogen (secondary N) is 1. The molecule has 2 aliphatic carbocycles. The minimum Gasteiger partial charge on any atom is -0.350 e. The first-order chi connectivity index (χ1) is 9.53. The van der Waals surface area contributed by atoms with Crippen molar-refractivity contribution in [3.8, 4) is 0 Å². The van der Waals surface area contributed by atoms with E-state index in [0.717, 1.165) is 12.8 Å². The zero-order chi connectivity index (χ0) is 14.3. The molecule has 0 aromatic heterocycles. The summed E-state index contributed by atoms with van der Waals surface area (Å²) in [6.45, 7) is -1.41. The first-order valence-corrected chi connectivity index (χ1v) is 6.97. The van der Waals surface area contributed by atoms with E-state index in [1.165, 1.54) is 11.1 Å². The van der Waals surface area contributed by atoms with Gasteiger partial charge in [0.1, 0.15) is 0 Å². The molecule has 3 rings (SSSR count). The largest absolute Gasteiger partial charge is 0.350 e. The third-order valence-electron chi connectivity index (χ3n) is 4.45. The summed E-state index contributed by atoms with van der Waals surface area (Å²) in [5, 5.41) is 2.35. The summed E-state index contributed by atoms with van der Waals surface area (Å²) in [5.41, 5.74) is 7.47. The standard InChI is InChI=1S/C15H18F2N2O/c16-15(17,7-18)8-19-14(20)13-11-6-5-9-3-1-2-4-10(9)12(11)13/h1-4,11-13H,5-8,18H2,(H,19,20). The van der Waals surface area contributed by atoms with Crippen LogP contribution in [-0.4, -0.2) is 24.9 Å². The van der Waals surface area contributed by atoms with Gasteiger partial charge in [-0.3, -0.25) is 4.79 Å². The second-order valence-corrected chi connectivity index (χ2v) is 5.73. The van der Waals surface area contributed by atoms with Crippen LogP contribution in [0.25, 0.3) is 0 Å². The topological polar surface area (TPSA) is 55.1 Å². The average Bonchev–Trinajstić information content (AvgIpc) is 3.20. The Bertz CT molecular complexity index is 532. The Balaban J connectivity index is 1.66.